The SMILES string of the molecule is CN1CCOC(COc2cccc3c2CCCC3O)C1. The van der Waals surface area contributed by atoms with Crippen LogP contribution < -0.4 is 4.74 Å². The number of benzene rings is 1. The van der Waals surface area contributed by atoms with Crippen molar-refractivity contribution in [2.45, 2.75) is 31.5 Å². The summed E-state index contributed by atoms with van der Waals surface area (Å²) in [5.41, 5.74) is 2.21. The molecule has 2 aliphatic rings. The average molecular weight is 277 g/mol. The molecule has 0 amide bonds. The Hall–Kier alpha value is -1.10. The molecule has 1 aliphatic heterocycles. The average Bonchev–Trinajstić information content (AvgIpc) is 2.46. The van der Waals surface area contributed by atoms with Gasteiger partial charge in [-0.25, -0.2) is 0 Å². The van der Waals surface area contributed by atoms with E-state index in [4.69, 9.17) is 9.47 Å². The number of ether oxygens (including phenoxy) is 2. The molecule has 20 heavy (non-hydrogen) atoms. The van der Waals surface area contributed by atoms with Gasteiger partial charge in [-0.05, 0) is 43.5 Å². The Labute approximate surface area is 120 Å². The zero-order chi connectivity index (χ0) is 13.9. The standard InChI is InChI=1S/C16H23NO3/c1-17-8-9-19-12(10-17)11-20-16-7-3-4-13-14(16)5-2-6-15(13)18/h3-4,7,12,15,18H,2,5-6,8-11H2,1H3. The first kappa shape index (κ1) is 13.9. The molecule has 2 atom stereocenters. The summed E-state index contributed by atoms with van der Waals surface area (Å²) in [6, 6.07) is 5.98. The molecule has 4 nitrogen and oxygen atoms in total. The van der Waals surface area contributed by atoms with Gasteiger partial charge in [0.1, 0.15) is 18.5 Å². The van der Waals surface area contributed by atoms with Crippen molar-refractivity contribution in [3.63, 3.8) is 0 Å². The van der Waals surface area contributed by atoms with Gasteiger partial charge in [0.15, 0.2) is 0 Å². The van der Waals surface area contributed by atoms with Crippen molar-refractivity contribution >= 4 is 0 Å². The highest BCUT2D eigenvalue weighted by molar-refractivity contribution is 5.42. The van der Waals surface area contributed by atoms with Crippen LogP contribution in [0.1, 0.15) is 30.1 Å². The second-order valence-corrected chi connectivity index (χ2v) is 5.80. The quantitative estimate of drug-likeness (QED) is 0.914. The van der Waals surface area contributed by atoms with Crippen LogP contribution >= 0.6 is 0 Å². The molecule has 4 heteroatoms. The molecule has 1 N–H and O–H groups in total. The molecule has 1 heterocycles. The molecule has 0 saturated carbocycles. The summed E-state index contributed by atoms with van der Waals surface area (Å²) in [4.78, 5) is 2.27. The van der Waals surface area contributed by atoms with Gasteiger partial charge in [0.25, 0.3) is 0 Å². The number of likely N-dealkylation sites (N-methyl/N-ethyl adjacent to an activating group) is 1. The molecule has 1 aromatic carbocycles. The molecule has 0 aromatic heterocycles. The van der Waals surface area contributed by atoms with Crippen LogP contribution in [0.3, 0.4) is 0 Å². The Morgan fingerprint density at radius 1 is 1.45 bits per heavy atom. The molecule has 1 aromatic rings. The molecule has 0 spiro atoms. The minimum Gasteiger partial charge on any atom is -0.491 e. The Kier molecular flexibility index (Phi) is 4.24. The van der Waals surface area contributed by atoms with Gasteiger partial charge >= 0.3 is 0 Å². The van der Waals surface area contributed by atoms with Gasteiger partial charge in [0.05, 0.1) is 12.7 Å². The second kappa shape index (κ2) is 6.12. The van der Waals surface area contributed by atoms with Crippen molar-refractivity contribution in [1.82, 2.24) is 4.90 Å². The highest BCUT2D eigenvalue weighted by Crippen LogP contribution is 2.35. The third-order valence-electron chi connectivity index (χ3n) is 4.20. The van der Waals surface area contributed by atoms with Crippen molar-refractivity contribution < 1.29 is 14.6 Å². The first-order valence-electron chi connectivity index (χ1n) is 7.47. The molecule has 1 fully saturated rings. The normalized spacial score (nSPS) is 27.1. The first-order valence-corrected chi connectivity index (χ1v) is 7.47. The lowest BCUT2D eigenvalue weighted by molar-refractivity contribution is -0.0405. The predicted octanol–water partition coefficient (Wildman–Crippen LogP) is 1.77. The van der Waals surface area contributed by atoms with E-state index in [9.17, 15) is 5.11 Å². The van der Waals surface area contributed by atoms with Gasteiger partial charge in [0.2, 0.25) is 0 Å². The van der Waals surface area contributed by atoms with E-state index in [-0.39, 0.29) is 12.2 Å². The first-order chi connectivity index (χ1) is 9.74. The van der Waals surface area contributed by atoms with Crippen LogP contribution in [0.2, 0.25) is 0 Å². The van der Waals surface area contributed by atoms with Crippen LogP contribution in [0.15, 0.2) is 18.2 Å². The van der Waals surface area contributed by atoms with Crippen LogP contribution in [0.25, 0.3) is 0 Å². The van der Waals surface area contributed by atoms with Gasteiger partial charge < -0.3 is 19.5 Å². The van der Waals surface area contributed by atoms with Gasteiger partial charge in [-0.15, -0.1) is 0 Å². The summed E-state index contributed by atoms with van der Waals surface area (Å²) >= 11 is 0. The van der Waals surface area contributed by atoms with Crippen molar-refractivity contribution in [3.8, 4) is 5.75 Å². The Balaban J connectivity index is 1.67. The molecule has 110 valence electrons. The number of nitrogens with zero attached hydrogens (tertiary/aromatic N) is 1. The number of fused-ring (bicyclic) bond motifs is 1. The highest BCUT2D eigenvalue weighted by atomic mass is 16.5. The monoisotopic (exact) mass is 277 g/mol. The summed E-state index contributed by atoms with van der Waals surface area (Å²) in [5.74, 6) is 0.915. The zero-order valence-electron chi connectivity index (χ0n) is 12.0. The van der Waals surface area contributed by atoms with Crippen molar-refractivity contribution in [1.29, 1.82) is 0 Å². The lowest BCUT2D eigenvalue weighted by Gasteiger charge is -2.30. The van der Waals surface area contributed by atoms with E-state index in [0.29, 0.717) is 6.61 Å². The third-order valence-corrected chi connectivity index (χ3v) is 4.20. The van der Waals surface area contributed by atoms with E-state index in [1.807, 2.05) is 18.2 Å². The van der Waals surface area contributed by atoms with Gasteiger partial charge in [0, 0.05) is 13.1 Å². The third kappa shape index (κ3) is 2.97. The number of rotatable bonds is 3. The summed E-state index contributed by atoms with van der Waals surface area (Å²) in [7, 11) is 2.11. The maximum absolute atomic E-state index is 10.1. The summed E-state index contributed by atoms with van der Waals surface area (Å²) in [6.07, 6.45) is 2.68. The van der Waals surface area contributed by atoms with E-state index in [2.05, 4.69) is 11.9 Å². The summed E-state index contributed by atoms with van der Waals surface area (Å²) in [6.45, 7) is 3.26. The topological polar surface area (TPSA) is 41.9 Å². The van der Waals surface area contributed by atoms with E-state index >= 15 is 0 Å². The zero-order valence-corrected chi connectivity index (χ0v) is 12.0. The number of hydrogen-bond acceptors (Lipinski definition) is 4. The fraction of sp³-hybridized carbons (Fsp3) is 0.625. The fourth-order valence-electron chi connectivity index (χ4n) is 3.08. The van der Waals surface area contributed by atoms with Crippen molar-refractivity contribution in [2.24, 2.45) is 0 Å². The molecular formula is C16H23NO3. The number of hydrogen-bond donors (Lipinski definition) is 1. The predicted molar refractivity (Wildman–Crippen MR) is 77.1 cm³/mol. The van der Waals surface area contributed by atoms with Crippen LogP contribution in [-0.2, 0) is 11.2 Å². The number of morpholine rings is 1. The maximum Gasteiger partial charge on any atom is 0.122 e. The lowest BCUT2D eigenvalue weighted by atomic mass is 9.89. The Morgan fingerprint density at radius 3 is 3.20 bits per heavy atom. The fourth-order valence-corrected chi connectivity index (χ4v) is 3.08. The van der Waals surface area contributed by atoms with E-state index in [1.165, 1.54) is 5.56 Å². The summed E-state index contributed by atoms with van der Waals surface area (Å²) < 4.78 is 11.7. The van der Waals surface area contributed by atoms with Gasteiger partial charge in [-0.1, -0.05) is 12.1 Å². The largest absolute Gasteiger partial charge is 0.491 e. The van der Waals surface area contributed by atoms with Crippen LogP contribution in [0.4, 0.5) is 0 Å². The minimum atomic E-state index is -0.334. The maximum atomic E-state index is 10.1. The van der Waals surface area contributed by atoms with E-state index in [1.54, 1.807) is 0 Å². The second-order valence-electron chi connectivity index (χ2n) is 5.80. The van der Waals surface area contributed by atoms with Gasteiger partial charge in [-0.2, -0.15) is 0 Å². The highest BCUT2D eigenvalue weighted by Gasteiger charge is 2.22. The molecule has 1 saturated heterocycles. The van der Waals surface area contributed by atoms with Crippen LogP contribution in [0, 0.1) is 0 Å². The number of aliphatic hydroxyl groups is 1. The van der Waals surface area contributed by atoms with E-state index < -0.39 is 0 Å². The smallest absolute Gasteiger partial charge is 0.122 e. The molecule has 3 rings (SSSR count). The van der Waals surface area contributed by atoms with Crippen molar-refractivity contribution in [3.05, 3.63) is 29.3 Å². The van der Waals surface area contributed by atoms with Crippen molar-refractivity contribution in [2.75, 3.05) is 33.4 Å². The van der Waals surface area contributed by atoms with E-state index in [0.717, 1.165) is 50.3 Å². The van der Waals surface area contributed by atoms with Crippen LogP contribution in [0.5, 0.6) is 5.75 Å². The Bertz CT molecular complexity index is 463. The summed E-state index contributed by atoms with van der Waals surface area (Å²) in [5, 5.41) is 10.1. The lowest BCUT2D eigenvalue weighted by Crippen LogP contribution is -2.42. The van der Waals surface area contributed by atoms with Crippen LogP contribution in [-0.4, -0.2) is 49.5 Å². The minimum absolute atomic E-state index is 0.137. The van der Waals surface area contributed by atoms with Gasteiger partial charge in [-0.3, -0.25) is 0 Å². The molecule has 1 aliphatic carbocycles. The molecule has 0 radical (unpaired) electrons. The number of aliphatic hydroxyl groups excluding tert-OH is 1. The Morgan fingerprint density at radius 2 is 2.35 bits per heavy atom. The molecule has 0 bridgehead atoms. The molecule has 2 unspecified atom stereocenters. The molecular weight excluding hydrogens is 254 g/mol.